The molecule has 1 unspecified atom stereocenters. The van der Waals surface area contributed by atoms with Gasteiger partial charge in [0.05, 0.1) is 12.9 Å². The number of nitrogens with zero attached hydrogens (tertiary/aromatic N) is 2. The van der Waals surface area contributed by atoms with E-state index in [2.05, 4.69) is 10.1 Å². The summed E-state index contributed by atoms with van der Waals surface area (Å²) in [6.07, 6.45) is 2.28. The van der Waals surface area contributed by atoms with Crippen molar-refractivity contribution in [2.75, 3.05) is 13.2 Å². The third-order valence-corrected chi connectivity index (χ3v) is 2.97. The molecular formula is C11H13N3O3. The second kappa shape index (κ2) is 3.68. The molecule has 0 aliphatic carbocycles. The van der Waals surface area contributed by atoms with Crippen molar-refractivity contribution in [1.29, 1.82) is 0 Å². The Bertz CT molecular complexity index is 526. The SMILES string of the molecule is Cc1ccoc1-c1noc(C2(N)CCOC2)n1. The van der Waals surface area contributed by atoms with Crippen molar-refractivity contribution >= 4 is 0 Å². The number of ether oxygens (including phenoxy) is 1. The van der Waals surface area contributed by atoms with E-state index in [4.69, 9.17) is 19.4 Å². The molecule has 1 atom stereocenters. The zero-order chi connectivity index (χ0) is 11.9. The Labute approximate surface area is 97.7 Å². The standard InChI is InChI=1S/C11H13N3O3/c1-7-2-4-16-8(7)9-13-10(17-14-9)11(12)3-5-15-6-11/h2,4H,3,5-6,12H2,1H3. The predicted octanol–water partition coefficient (Wildman–Crippen LogP) is 1.21. The van der Waals surface area contributed by atoms with Crippen LogP contribution in [-0.4, -0.2) is 23.4 Å². The van der Waals surface area contributed by atoms with Crippen LogP contribution < -0.4 is 5.73 Å². The van der Waals surface area contributed by atoms with Gasteiger partial charge < -0.3 is 19.4 Å². The van der Waals surface area contributed by atoms with E-state index in [1.54, 1.807) is 6.26 Å². The Kier molecular flexibility index (Phi) is 2.27. The molecule has 0 radical (unpaired) electrons. The minimum absolute atomic E-state index is 0.404. The van der Waals surface area contributed by atoms with Gasteiger partial charge in [0.1, 0.15) is 5.54 Å². The lowest BCUT2D eigenvalue weighted by molar-refractivity contribution is 0.166. The summed E-state index contributed by atoms with van der Waals surface area (Å²) in [5.74, 6) is 1.45. The Morgan fingerprint density at radius 3 is 3.00 bits per heavy atom. The van der Waals surface area contributed by atoms with Crippen molar-refractivity contribution in [3.63, 3.8) is 0 Å². The molecule has 0 spiro atoms. The van der Waals surface area contributed by atoms with Gasteiger partial charge in [-0.25, -0.2) is 0 Å². The van der Waals surface area contributed by atoms with Crippen molar-refractivity contribution in [1.82, 2.24) is 10.1 Å². The van der Waals surface area contributed by atoms with Gasteiger partial charge >= 0.3 is 0 Å². The van der Waals surface area contributed by atoms with Crippen LogP contribution in [0.25, 0.3) is 11.6 Å². The molecule has 6 nitrogen and oxygen atoms in total. The topological polar surface area (TPSA) is 87.3 Å². The Hall–Kier alpha value is -1.66. The molecule has 2 N–H and O–H groups in total. The molecule has 1 aliphatic heterocycles. The molecule has 3 heterocycles. The second-order valence-corrected chi connectivity index (χ2v) is 4.31. The largest absolute Gasteiger partial charge is 0.461 e. The number of aromatic nitrogens is 2. The normalized spacial score (nSPS) is 24.4. The summed E-state index contributed by atoms with van der Waals surface area (Å²) < 4.78 is 15.8. The van der Waals surface area contributed by atoms with E-state index >= 15 is 0 Å². The number of hydrogen-bond acceptors (Lipinski definition) is 6. The molecule has 90 valence electrons. The summed E-state index contributed by atoms with van der Waals surface area (Å²) in [6, 6.07) is 1.85. The quantitative estimate of drug-likeness (QED) is 0.841. The first kappa shape index (κ1) is 10.5. The first-order valence-corrected chi connectivity index (χ1v) is 5.44. The lowest BCUT2D eigenvalue weighted by Gasteiger charge is -2.14. The molecule has 3 rings (SSSR count). The van der Waals surface area contributed by atoms with Gasteiger partial charge in [-0.3, -0.25) is 0 Å². The Morgan fingerprint density at radius 1 is 1.47 bits per heavy atom. The molecule has 2 aromatic rings. The van der Waals surface area contributed by atoms with Crippen LogP contribution in [0.1, 0.15) is 17.9 Å². The molecule has 17 heavy (non-hydrogen) atoms. The van der Waals surface area contributed by atoms with Crippen molar-refractivity contribution < 1.29 is 13.7 Å². The van der Waals surface area contributed by atoms with Crippen molar-refractivity contribution in [3.8, 4) is 11.6 Å². The number of furan rings is 1. The van der Waals surface area contributed by atoms with Gasteiger partial charge in [0.2, 0.25) is 11.7 Å². The summed E-state index contributed by atoms with van der Waals surface area (Å²) in [6.45, 7) is 2.95. The third-order valence-electron chi connectivity index (χ3n) is 2.97. The van der Waals surface area contributed by atoms with E-state index in [0.717, 1.165) is 5.56 Å². The Morgan fingerprint density at radius 2 is 2.35 bits per heavy atom. The van der Waals surface area contributed by atoms with Crippen LogP contribution >= 0.6 is 0 Å². The molecule has 0 saturated carbocycles. The summed E-state index contributed by atoms with van der Waals surface area (Å²) >= 11 is 0. The van der Waals surface area contributed by atoms with Crippen LogP contribution in [0.2, 0.25) is 0 Å². The van der Waals surface area contributed by atoms with E-state index in [-0.39, 0.29) is 0 Å². The van der Waals surface area contributed by atoms with Crippen LogP contribution in [0.3, 0.4) is 0 Å². The summed E-state index contributed by atoms with van der Waals surface area (Å²) in [5.41, 5.74) is 6.44. The first-order chi connectivity index (χ1) is 8.19. The molecule has 6 heteroatoms. The maximum Gasteiger partial charge on any atom is 0.249 e. The third kappa shape index (κ3) is 1.65. The number of aryl methyl sites for hydroxylation is 1. The molecule has 1 saturated heterocycles. The molecule has 0 aromatic carbocycles. The number of rotatable bonds is 2. The van der Waals surface area contributed by atoms with Gasteiger partial charge in [0.25, 0.3) is 0 Å². The highest BCUT2D eigenvalue weighted by molar-refractivity contribution is 5.51. The summed E-state index contributed by atoms with van der Waals surface area (Å²) in [4.78, 5) is 4.29. The van der Waals surface area contributed by atoms with Crippen LogP contribution in [-0.2, 0) is 10.3 Å². The highest BCUT2D eigenvalue weighted by Crippen LogP contribution is 2.29. The minimum Gasteiger partial charge on any atom is -0.461 e. The fourth-order valence-corrected chi connectivity index (χ4v) is 1.87. The minimum atomic E-state index is -0.661. The van der Waals surface area contributed by atoms with E-state index in [1.165, 1.54) is 0 Å². The average molecular weight is 235 g/mol. The zero-order valence-corrected chi connectivity index (χ0v) is 9.47. The molecule has 0 amide bonds. The predicted molar refractivity (Wildman–Crippen MR) is 58.0 cm³/mol. The lowest BCUT2D eigenvalue weighted by atomic mass is 10.0. The second-order valence-electron chi connectivity index (χ2n) is 4.31. The molecule has 1 fully saturated rings. The maximum absolute atomic E-state index is 6.13. The van der Waals surface area contributed by atoms with Gasteiger partial charge in [0.15, 0.2) is 5.76 Å². The van der Waals surface area contributed by atoms with Gasteiger partial charge in [-0.2, -0.15) is 4.98 Å². The van der Waals surface area contributed by atoms with Crippen LogP contribution in [0.5, 0.6) is 0 Å². The molecule has 2 aromatic heterocycles. The van der Waals surface area contributed by atoms with E-state index in [0.29, 0.717) is 37.1 Å². The summed E-state index contributed by atoms with van der Waals surface area (Å²) in [5, 5.41) is 3.89. The highest BCUT2D eigenvalue weighted by atomic mass is 16.5. The number of hydrogen-bond donors (Lipinski definition) is 1. The van der Waals surface area contributed by atoms with Gasteiger partial charge in [-0.1, -0.05) is 5.16 Å². The van der Waals surface area contributed by atoms with Crippen LogP contribution in [0, 0.1) is 6.92 Å². The molecule has 1 aliphatic rings. The fraction of sp³-hybridized carbons (Fsp3) is 0.455. The van der Waals surface area contributed by atoms with Gasteiger partial charge in [-0.05, 0) is 25.0 Å². The van der Waals surface area contributed by atoms with Crippen LogP contribution in [0.4, 0.5) is 0 Å². The van der Waals surface area contributed by atoms with Gasteiger partial charge in [0, 0.05) is 6.61 Å². The fourth-order valence-electron chi connectivity index (χ4n) is 1.87. The number of nitrogens with two attached hydrogens (primary N) is 1. The maximum atomic E-state index is 6.13. The average Bonchev–Trinajstić information content (AvgIpc) is 2.97. The van der Waals surface area contributed by atoms with Crippen molar-refractivity contribution in [3.05, 3.63) is 23.8 Å². The smallest absolute Gasteiger partial charge is 0.249 e. The first-order valence-electron chi connectivity index (χ1n) is 5.44. The van der Waals surface area contributed by atoms with E-state index in [1.807, 2.05) is 13.0 Å². The highest BCUT2D eigenvalue weighted by Gasteiger charge is 2.38. The van der Waals surface area contributed by atoms with Crippen LogP contribution in [0.15, 0.2) is 21.3 Å². The van der Waals surface area contributed by atoms with E-state index in [9.17, 15) is 0 Å². The van der Waals surface area contributed by atoms with Crippen molar-refractivity contribution in [2.24, 2.45) is 5.73 Å². The molecular weight excluding hydrogens is 222 g/mol. The van der Waals surface area contributed by atoms with E-state index < -0.39 is 5.54 Å². The lowest BCUT2D eigenvalue weighted by Crippen LogP contribution is -2.37. The van der Waals surface area contributed by atoms with Crippen molar-refractivity contribution in [2.45, 2.75) is 18.9 Å². The summed E-state index contributed by atoms with van der Waals surface area (Å²) in [7, 11) is 0. The molecule has 0 bridgehead atoms. The van der Waals surface area contributed by atoms with Gasteiger partial charge in [-0.15, -0.1) is 0 Å². The zero-order valence-electron chi connectivity index (χ0n) is 9.47. The Balaban J connectivity index is 1.96. The monoisotopic (exact) mass is 235 g/mol.